The molecule has 2 aliphatic heterocycles. The minimum absolute atomic E-state index is 0.267. The van der Waals surface area contributed by atoms with Gasteiger partial charge in [0.15, 0.2) is 0 Å². The lowest BCUT2D eigenvalue weighted by Gasteiger charge is -2.31. The van der Waals surface area contributed by atoms with Crippen molar-refractivity contribution in [3.8, 4) is 0 Å². The van der Waals surface area contributed by atoms with Gasteiger partial charge in [0.05, 0.1) is 0 Å². The van der Waals surface area contributed by atoms with Gasteiger partial charge in [0.25, 0.3) is 0 Å². The van der Waals surface area contributed by atoms with Crippen LogP contribution in [0.4, 0.5) is 5.69 Å². The maximum Gasteiger partial charge on any atom is 0.227 e. The SMILES string of the molecule is O=C1CCc2ccccc2N1CC1CSc2ccccc21. The molecule has 0 saturated heterocycles. The van der Waals surface area contributed by atoms with Crippen molar-refractivity contribution in [3.05, 3.63) is 59.7 Å². The average Bonchev–Trinajstić information content (AvgIpc) is 2.93. The van der Waals surface area contributed by atoms with Crippen LogP contribution >= 0.6 is 11.8 Å². The molecule has 106 valence electrons. The fourth-order valence-electron chi connectivity index (χ4n) is 3.30. The number of hydrogen-bond donors (Lipinski definition) is 0. The zero-order valence-corrected chi connectivity index (χ0v) is 12.6. The second kappa shape index (κ2) is 5.23. The van der Waals surface area contributed by atoms with E-state index in [0.29, 0.717) is 12.3 Å². The van der Waals surface area contributed by atoms with Gasteiger partial charge in [0, 0.05) is 35.2 Å². The zero-order valence-electron chi connectivity index (χ0n) is 11.8. The van der Waals surface area contributed by atoms with Crippen LogP contribution < -0.4 is 4.90 Å². The lowest BCUT2D eigenvalue weighted by atomic mass is 9.96. The van der Waals surface area contributed by atoms with Gasteiger partial charge in [-0.2, -0.15) is 0 Å². The number of thioether (sulfide) groups is 1. The van der Waals surface area contributed by atoms with E-state index in [-0.39, 0.29) is 5.91 Å². The smallest absolute Gasteiger partial charge is 0.227 e. The van der Waals surface area contributed by atoms with Crippen molar-refractivity contribution in [3.63, 3.8) is 0 Å². The molecule has 2 heterocycles. The number of aryl methyl sites for hydroxylation is 1. The summed E-state index contributed by atoms with van der Waals surface area (Å²) in [6.45, 7) is 0.805. The van der Waals surface area contributed by atoms with E-state index < -0.39 is 0 Å². The Kier molecular flexibility index (Phi) is 3.23. The van der Waals surface area contributed by atoms with Gasteiger partial charge < -0.3 is 4.90 Å². The number of rotatable bonds is 2. The molecular weight excluding hydrogens is 278 g/mol. The summed E-state index contributed by atoms with van der Waals surface area (Å²) in [7, 11) is 0. The fourth-order valence-corrected chi connectivity index (χ4v) is 4.54. The molecule has 4 rings (SSSR count). The summed E-state index contributed by atoms with van der Waals surface area (Å²) in [5, 5.41) is 0. The van der Waals surface area contributed by atoms with Crippen LogP contribution in [0.3, 0.4) is 0 Å². The Hall–Kier alpha value is -1.74. The molecule has 0 fully saturated rings. The van der Waals surface area contributed by atoms with E-state index in [1.807, 2.05) is 22.7 Å². The van der Waals surface area contributed by atoms with Crippen LogP contribution in [0.25, 0.3) is 0 Å². The number of anilines is 1. The van der Waals surface area contributed by atoms with Crippen molar-refractivity contribution in [2.75, 3.05) is 17.2 Å². The van der Waals surface area contributed by atoms with Gasteiger partial charge in [0.1, 0.15) is 0 Å². The molecule has 0 bridgehead atoms. The normalized spacial score (nSPS) is 20.3. The first-order valence-corrected chi connectivity index (χ1v) is 8.41. The molecule has 21 heavy (non-hydrogen) atoms. The maximum absolute atomic E-state index is 12.4. The van der Waals surface area contributed by atoms with Crippen LogP contribution in [0.15, 0.2) is 53.4 Å². The first-order chi connectivity index (χ1) is 10.3. The molecule has 2 aromatic rings. The Morgan fingerprint density at radius 2 is 1.86 bits per heavy atom. The minimum Gasteiger partial charge on any atom is -0.311 e. The highest BCUT2D eigenvalue weighted by atomic mass is 32.2. The number of nitrogens with zero attached hydrogens (tertiary/aromatic N) is 1. The monoisotopic (exact) mass is 295 g/mol. The molecule has 1 unspecified atom stereocenters. The Balaban J connectivity index is 1.65. The third kappa shape index (κ3) is 2.26. The Bertz CT molecular complexity index is 697. The molecule has 1 amide bonds. The quantitative estimate of drug-likeness (QED) is 0.838. The number of hydrogen-bond acceptors (Lipinski definition) is 2. The summed E-state index contributed by atoms with van der Waals surface area (Å²) in [4.78, 5) is 15.8. The third-order valence-electron chi connectivity index (χ3n) is 4.39. The van der Waals surface area contributed by atoms with E-state index >= 15 is 0 Å². The van der Waals surface area contributed by atoms with Gasteiger partial charge in [-0.05, 0) is 29.7 Å². The summed E-state index contributed by atoms with van der Waals surface area (Å²) in [5.74, 6) is 1.79. The Morgan fingerprint density at radius 3 is 2.81 bits per heavy atom. The second-order valence-corrected chi connectivity index (χ2v) is 6.74. The number of fused-ring (bicyclic) bond motifs is 2. The van der Waals surface area contributed by atoms with E-state index in [1.165, 1.54) is 16.0 Å². The average molecular weight is 295 g/mol. The third-order valence-corrected chi connectivity index (χ3v) is 5.65. The van der Waals surface area contributed by atoms with E-state index in [9.17, 15) is 4.79 Å². The lowest BCUT2D eigenvalue weighted by molar-refractivity contribution is -0.118. The van der Waals surface area contributed by atoms with Crippen LogP contribution in [0.5, 0.6) is 0 Å². The molecule has 0 spiro atoms. The molecule has 0 radical (unpaired) electrons. The summed E-state index contributed by atoms with van der Waals surface area (Å²) in [6, 6.07) is 16.9. The standard InChI is InChI=1S/C18H17NOS/c20-18-10-9-13-5-1-3-7-16(13)19(18)11-14-12-21-17-8-4-2-6-15(14)17/h1-8,14H,9-12H2. The van der Waals surface area contributed by atoms with E-state index in [4.69, 9.17) is 0 Å². The van der Waals surface area contributed by atoms with Gasteiger partial charge in [-0.25, -0.2) is 0 Å². The fraction of sp³-hybridized carbons (Fsp3) is 0.278. The molecular formula is C18H17NOS. The summed E-state index contributed by atoms with van der Waals surface area (Å²) in [5.41, 5.74) is 3.82. The molecule has 2 nitrogen and oxygen atoms in total. The van der Waals surface area contributed by atoms with Crippen LogP contribution in [-0.2, 0) is 11.2 Å². The van der Waals surface area contributed by atoms with Crippen molar-refractivity contribution < 1.29 is 4.79 Å². The van der Waals surface area contributed by atoms with Crippen molar-refractivity contribution >= 4 is 23.4 Å². The first kappa shape index (κ1) is 13.0. The van der Waals surface area contributed by atoms with E-state index in [2.05, 4.69) is 42.5 Å². The number of benzene rings is 2. The van der Waals surface area contributed by atoms with Gasteiger partial charge in [-0.1, -0.05) is 36.4 Å². The first-order valence-electron chi connectivity index (χ1n) is 7.43. The van der Waals surface area contributed by atoms with Crippen LogP contribution in [-0.4, -0.2) is 18.2 Å². The summed E-state index contributed by atoms with van der Waals surface area (Å²) >= 11 is 1.91. The van der Waals surface area contributed by atoms with E-state index in [1.54, 1.807) is 0 Å². The molecule has 2 aromatic carbocycles. The van der Waals surface area contributed by atoms with Gasteiger partial charge in [-0.3, -0.25) is 4.79 Å². The molecule has 1 atom stereocenters. The maximum atomic E-state index is 12.4. The second-order valence-electron chi connectivity index (χ2n) is 5.68. The van der Waals surface area contributed by atoms with Gasteiger partial charge in [0.2, 0.25) is 5.91 Å². The molecule has 3 heteroatoms. The Morgan fingerprint density at radius 1 is 1.05 bits per heavy atom. The van der Waals surface area contributed by atoms with Crippen LogP contribution in [0.1, 0.15) is 23.5 Å². The Labute approximate surface area is 129 Å². The molecule has 0 N–H and O–H groups in total. The molecule has 0 aliphatic carbocycles. The predicted octanol–water partition coefficient (Wildman–Crippen LogP) is 3.86. The number of carbonyl (C=O) groups is 1. The molecule has 2 aliphatic rings. The van der Waals surface area contributed by atoms with Gasteiger partial charge in [-0.15, -0.1) is 11.8 Å². The predicted molar refractivity (Wildman–Crippen MR) is 87.0 cm³/mol. The van der Waals surface area contributed by atoms with E-state index in [0.717, 1.165) is 24.4 Å². The zero-order chi connectivity index (χ0) is 14.2. The lowest BCUT2D eigenvalue weighted by Crippen LogP contribution is -2.38. The summed E-state index contributed by atoms with van der Waals surface area (Å²) in [6.07, 6.45) is 1.51. The molecule has 0 saturated carbocycles. The highest BCUT2D eigenvalue weighted by molar-refractivity contribution is 7.99. The van der Waals surface area contributed by atoms with Crippen molar-refractivity contribution in [1.82, 2.24) is 0 Å². The largest absolute Gasteiger partial charge is 0.311 e. The topological polar surface area (TPSA) is 20.3 Å². The summed E-state index contributed by atoms with van der Waals surface area (Å²) < 4.78 is 0. The van der Waals surface area contributed by atoms with Gasteiger partial charge >= 0.3 is 0 Å². The van der Waals surface area contributed by atoms with Crippen molar-refractivity contribution in [2.45, 2.75) is 23.7 Å². The van der Waals surface area contributed by atoms with Crippen LogP contribution in [0, 0.1) is 0 Å². The van der Waals surface area contributed by atoms with Crippen molar-refractivity contribution in [2.24, 2.45) is 0 Å². The number of carbonyl (C=O) groups excluding carboxylic acids is 1. The minimum atomic E-state index is 0.267. The highest BCUT2D eigenvalue weighted by Crippen LogP contribution is 2.41. The highest BCUT2D eigenvalue weighted by Gasteiger charge is 2.30. The molecule has 0 aromatic heterocycles. The number of para-hydroxylation sites is 1. The van der Waals surface area contributed by atoms with Crippen LogP contribution in [0.2, 0.25) is 0 Å². The number of amides is 1. The van der Waals surface area contributed by atoms with Crippen molar-refractivity contribution in [1.29, 1.82) is 0 Å².